The van der Waals surface area contributed by atoms with Crippen molar-refractivity contribution in [1.82, 2.24) is 4.90 Å². The van der Waals surface area contributed by atoms with Gasteiger partial charge in [-0.05, 0) is 0 Å². The molecule has 0 aliphatic rings. The summed E-state index contributed by atoms with van der Waals surface area (Å²) in [5.74, 6) is -1.46. The van der Waals surface area contributed by atoms with Gasteiger partial charge in [-0.3, -0.25) is 4.79 Å². The SMILES string of the molecule is COCCOC(=O)/C(=C\N(C)C)C(=O)C(Cl)Cl. The molecular formula is C10H15Cl2NO4. The fourth-order valence-electron chi connectivity index (χ4n) is 0.888. The summed E-state index contributed by atoms with van der Waals surface area (Å²) < 4.78 is 9.54. The summed E-state index contributed by atoms with van der Waals surface area (Å²) in [6, 6.07) is 0. The lowest BCUT2D eigenvalue weighted by atomic mass is 10.2. The summed E-state index contributed by atoms with van der Waals surface area (Å²) in [4.78, 5) is 23.4. The van der Waals surface area contributed by atoms with Crippen LogP contribution in [-0.2, 0) is 19.1 Å². The average Bonchev–Trinajstić information content (AvgIpc) is 2.24. The van der Waals surface area contributed by atoms with Crippen LogP contribution in [0.5, 0.6) is 0 Å². The molecule has 0 bridgehead atoms. The Labute approximate surface area is 110 Å². The van der Waals surface area contributed by atoms with Crippen LogP contribution >= 0.6 is 23.2 Å². The maximum absolute atomic E-state index is 11.6. The van der Waals surface area contributed by atoms with Crippen molar-refractivity contribution in [2.75, 3.05) is 34.4 Å². The molecule has 0 aromatic heterocycles. The predicted octanol–water partition coefficient (Wildman–Crippen LogP) is 0.994. The summed E-state index contributed by atoms with van der Waals surface area (Å²) in [6.45, 7) is 0.309. The lowest BCUT2D eigenvalue weighted by molar-refractivity contribution is -0.141. The van der Waals surface area contributed by atoms with Gasteiger partial charge in [-0.1, -0.05) is 23.2 Å². The summed E-state index contributed by atoms with van der Waals surface area (Å²) in [6.07, 6.45) is 1.31. The highest BCUT2D eigenvalue weighted by Crippen LogP contribution is 2.12. The molecule has 98 valence electrons. The third kappa shape index (κ3) is 6.51. The van der Waals surface area contributed by atoms with Gasteiger partial charge in [0.2, 0.25) is 5.78 Å². The van der Waals surface area contributed by atoms with E-state index in [9.17, 15) is 9.59 Å². The van der Waals surface area contributed by atoms with Crippen LogP contribution in [0.15, 0.2) is 11.8 Å². The van der Waals surface area contributed by atoms with Crippen LogP contribution in [0.1, 0.15) is 0 Å². The Morgan fingerprint density at radius 2 is 1.88 bits per heavy atom. The number of esters is 1. The maximum atomic E-state index is 11.6. The Morgan fingerprint density at radius 1 is 1.29 bits per heavy atom. The third-order valence-corrected chi connectivity index (χ3v) is 1.99. The van der Waals surface area contributed by atoms with E-state index in [1.54, 1.807) is 14.1 Å². The van der Waals surface area contributed by atoms with Crippen molar-refractivity contribution in [3.8, 4) is 0 Å². The van der Waals surface area contributed by atoms with Gasteiger partial charge in [0, 0.05) is 27.4 Å². The molecule has 0 aromatic rings. The third-order valence-electron chi connectivity index (χ3n) is 1.59. The normalized spacial score (nSPS) is 11.5. The Hall–Kier alpha value is -0.780. The molecule has 0 saturated carbocycles. The van der Waals surface area contributed by atoms with E-state index >= 15 is 0 Å². The number of hydrogen-bond donors (Lipinski definition) is 0. The number of methoxy groups -OCH3 is 1. The molecular weight excluding hydrogens is 269 g/mol. The molecule has 5 nitrogen and oxygen atoms in total. The predicted molar refractivity (Wildman–Crippen MR) is 65.1 cm³/mol. The monoisotopic (exact) mass is 283 g/mol. The summed E-state index contributed by atoms with van der Waals surface area (Å²) >= 11 is 10.9. The minimum Gasteiger partial charge on any atom is -0.460 e. The van der Waals surface area contributed by atoms with Crippen LogP contribution in [0.25, 0.3) is 0 Å². The molecule has 7 heteroatoms. The number of ether oxygens (including phenoxy) is 2. The standard InChI is InChI=1S/C10H15Cl2NO4/c1-13(2)6-7(8(14)9(11)12)10(15)17-5-4-16-3/h6,9H,4-5H2,1-3H3/b7-6-. The van der Waals surface area contributed by atoms with Gasteiger partial charge in [0.15, 0.2) is 4.84 Å². The van der Waals surface area contributed by atoms with Crippen LogP contribution in [0, 0.1) is 0 Å². The molecule has 0 atom stereocenters. The molecule has 0 saturated heterocycles. The second-order valence-electron chi connectivity index (χ2n) is 3.30. The first-order valence-corrected chi connectivity index (χ1v) is 5.64. The quantitative estimate of drug-likeness (QED) is 0.174. The second kappa shape index (κ2) is 8.33. The molecule has 0 radical (unpaired) electrons. The fraction of sp³-hybridized carbons (Fsp3) is 0.600. The molecule has 0 fully saturated rings. The van der Waals surface area contributed by atoms with Gasteiger partial charge in [0.25, 0.3) is 0 Å². The molecule has 0 N–H and O–H groups in total. The van der Waals surface area contributed by atoms with Crippen LogP contribution in [0.2, 0.25) is 0 Å². The van der Waals surface area contributed by atoms with Crippen molar-refractivity contribution in [3.05, 3.63) is 11.8 Å². The Bertz CT molecular complexity index is 303. The molecule has 0 spiro atoms. The highest BCUT2D eigenvalue weighted by molar-refractivity contribution is 6.56. The van der Waals surface area contributed by atoms with Crippen LogP contribution < -0.4 is 0 Å². The Kier molecular flexibility index (Phi) is 7.95. The number of hydrogen-bond acceptors (Lipinski definition) is 5. The van der Waals surface area contributed by atoms with E-state index < -0.39 is 16.6 Å². The topological polar surface area (TPSA) is 55.8 Å². The van der Waals surface area contributed by atoms with Crippen molar-refractivity contribution in [3.63, 3.8) is 0 Å². The van der Waals surface area contributed by atoms with Crippen molar-refractivity contribution in [2.45, 2.75) is 4.84 Å². The van der Waals surface area contributed by atoms with Crippen molar-refractivity contribution < 1.29 is 19.1 Å². The van der Waals surface area contributed by atoms with Gasteiger partial charge in [-0.2, -0.15) is 0 Å². The largest absolute Gasteiger partial charge is 0.460 e. The van der Waals surface area contributed by atoms with Crippen molar-refractivity contribution in [1.29, 1.82) is 0 Å². The highest BCUT2D eigenvalue weighted by atomic mass is 35.5. The van der Waals surface area contributed by atoms with Gasteiger partial charge >= 0.3 is 5.97 Å². The van der Waals surface area contributed by atoms with Crippen molar-refractivity contribution in [2.24, 2.45) is 0 Å². The molecule has 0 aliphatic heterocycles. The minimum atomic E-state index is -1.30. The molecule has 0 unspecified atom stereocenters. The Morgan fingerprint density at radius 3 is 2.29 bits per heavy atom. The smallest absolute Gasteiger partial charge is 0.343 e. The van der Waals surface area contributed by atoms with E-state index in [4.69, 9.17) is 32.7 Å². The molecule has 0 rings (SSSR count). The first-order chi connectivity index (χ1) is 7.90. The maximum Gasteiger partial charge on any atom is 0.343 e. The van der Waals surface area contributed by atoms with Gasteiger partial charge in [-0.25, -0.2) is 4.79 Å². The first-order valence-electron chi connectivity index (χ1n) is 4.76. The zero-order valence-corrected chi connectivity index (χ0v) is 11.4. The van der Waals surface area contributed by atoms with Crippen LogP contribution in [0.4, 0.5) is 0 Å². The van der Waals surface area contributed by atoms with Gasteiger partial charge in [0.05, 0.1) is 6.61 Å². The lowest BCUT2D eigenvalue weighted by Crippen LogP contribution is -2.23. The van der Waals surface area contributed by atoms with Gasteiger partial charge in [0.1, 0.15) is 12.2 Å². The average molecular weight is 284 g/mol. The number of halogens is 2. The van der Waals surface area contributed by atoms with Crippen LogP contribution in [0.3, 0.4) is 0 Å². The van der Waals surface area contributed by atoms with E-state index in [1.807, 2.05) is 0 Å². The molecule has 0 aromatic carbocycles. The van der Waals surface area contributed by atoms with Crippen LogP contribution in [-0.4, -0.2) is 55.9 Å². The Balaban J connectivity index is 4.70. The number of carbonyl (C=O) groups is 2. The summed E-state index contributed by atoms with van der Waals surface area (Å²) in [5, 5.41) is 0. The number of carbonyl (C=O) groups excluding carboxylic acids is 2. The summed E-state index contributed by atoms with van der Waals surface area (Å²) in [7, 11) is 4.80. The first kappa shape index (κ1) is 16.2. The van der Waals surface area contributed by atoms with Crippen molar-refractivity contribution >= 4 is 35.0 Å². The number of nitrogens with zero attached hydrogens (tertiary/aromatic N) is 1. The summed E-state index contributed by atoms with van der Waals surface area (Å²) in [5.41, 5.74) is -0.193. The van der Waals surface area contributed by atoms with E-state index in [0.29, 0.717) is 0 Å². The van der Waals surface area contributed by atoms with E-state index in [0.717, 1.165) is 0 Å². The molecule has 17 heavy (non-hydrogen) atoms. The molecule has 0 heterocycles. The van der Waals surface area contributed by atoms with E-state index in [-0.39, 0.29) is 18.8 Å². The number of ketones is 1. The fourth-order valence-corrected chi connectivity index (χ4v) is 1.12. The zero-order chi connectivity index (χ0) is 13.4. The highest BCUT2D eigenvalue weighted by Gasteiger charge is 2.25. The lowest BCUT2D eigenvalue weighted by Gasteiger charge is -2.11. The van der Waals surface area contributed by atoms with E-state index in [1.165, 1.54) is 18.2 Å². The van der Waals surface area contributed by atoms with Gasteiger partial charge < -0.3 is 14.4 Å². The second-order valence-corrected chi connectivity index (χ2v) is 4.40. The molecule has 0 amide bonds. The molecule has 0 aliphatic carbocycles. The van der Waals surface area contributed by atoms with E-state index in [2.05, 4.69) is 0 Å². The minimum absolute atomic E-state index is 0.0582. The number of alkyl halides is 2. The number of Topliss-reactive ketones (excluding diaryl/α,β-unsaturated/α-hetero) is 1. The number of rotatable bonds is 7. The van der Waals surface area contributed by atoms with Gasteiger partial charge in [-0.15, -0.1) is 0 Å². The zero-order valence-electron chi connectivity index (χ0n) is 9.91.